The maximum absolute atomic E-state index is 11.8. The SMILES string of the molecule is C[C@]12CCCCC1CC[C@H]1[C@@H]3CCC[C@@]3(C=O)CC[C@@H]12. The van der Waals surface area contributed by atoms with Gasteiger partial charge in [-0.25, -0.2) is 0 Å². The van der Waals surface area contributed by atoms with Gasteiger partial charge in [0.15, 0.2) is 0 Å². The minimum atomic E-state index is 0.110. The first-order chi connectivity index (χ1) is 9.70. The lowest BCUT2D eigenvalue weighted by Gasteiger charge is -2.59. The van der Waals surface area contributed by atoms with Crippen LogP contribution in [0.1, 0.15) is 77.6 Å². The van der Waals surface area contributed by atoms with Gasteiger partial charge in [0.25, 0.3) is 0 Å². The summed E-state index contributed by atoms with van der Waals surface area (Å²) in [5.41, 5.74) is 0.734. The lowest BCUT2D eigenvalue weighted by Crippen LogP contribution is -2.52. The molecule has 0 saturated heterocycles. The van der Waals surface area contributed by atoms with Crippen LogP contribution in [0.3, 0.4) is 0 Å². The minimum absolute atomic E-state index is 0.110. The highest BCUT2D eigenvalue weighted by Crippen LogP contribution is 2.65. The number of hydrogen-bond donors (Lipinski definition) is 0. The van der Waals surface area contributed by atoms with Crippen LogP contribution < -0.4 is 0 Å². The Morgan fingerprint density at radius 1 is 0.850 bits per heavy atom. The van der Waals surface area contributed by atoms with Crippen molar-refractivity contribution in [2.24, 2.45) is 34.5 Å². The molecule has 0 spiro atoms. The molecule has 4 saturated carbocycles. The van der Waals surface area contributed by atoms with Crippen LogP contribution in [0, 0.1) is 34.5 Å². The minimum Gasteiger partial charge on any atom is -0.303 e. The van der Waals surface area contributed by atoms with Crippen molar-refractivity contribution in [2.45, 2.75) is 77.6 Å². The first kappa shape index (κ1) is 13.3. The molecule has 4 rings (SSSR count). The molecule has 0 aliphatic heterocycles. The third-order valence-corrected chi connectivity index (χ3v) is 8.23. The topological polar surface area (TPSA) is 17.1 Å². The molecule has 0 N–H and O–H groups in total. The number of carbonyl (C=O) groups is 1. The van der Waals surface area contributed by atoms with Crippen LogP contribution in [0.25, 0.3) is 0 Å². The molecule has 0 aromatic rings. The summed E-state index contributed by atoms with van der Waals surface area (Å²) in [6, 6.07) is 0. The molecule has 0 amide bonds. The summed E-state index contributed by atoms with van der Waals surface area (Å²) in [5.74, 6) is 3.58. The van der Waals surface area contributed by atoms with Gasteiger partial charge in [-0.3, -0.25) is 0 Å². The molecule has 4 aliphatic rings. The fraction of sp³-hybridized carbons (Fsp3) is 0.947. The average molecular weight is 274 g/mol. The molecule has 1 nitrogen and oxygen atoms in total. The molecular formula is C19H30O. The van der Waals surface area contributed by atoms with Crippen LogP contribution in [0.15, 0.2) is 0 Å². The molecule has 6 atom stereocenters. The van der Waals surface area contributed by atoms with Crippen molar-refractivity contribution in [3.05, 3.63) is 0 Å². The Bertz CT molecular complexity index is 403. The van der Waals surface area contributed by atoms with Gasteiger partial charge in [0.2, 0.25) is 0 Å². The van der Waals surface area contributed by atoms with Gasteiger partial charge in [-0.15, -0.1) is 0 Å². The van der Waals surface area contributed by atoms with Crippen molar-refractivity contribution in [3.63, 3.8) is 0 Å². The van der Waals surface area contributed by atoms with Crippen LogP contribution >= 0.6 is 0 Å². The zero-order valence-corrected chi connectivity index (χ0v) is 13.1. The lowest BCUT2D eigenvalue weighted by atomic mass is 9.45. The fourth-order valence-electron chi connectivity index (χ4n) is 7.21. The molecule has 112 valence electrons. The molecule has 0 bridgehead atoms. The Labute approximate surface area is 123 Å². The van der Waals surface area contributed by atoms with Crippen LogP contribution in [0.5, 0.6) is 0 Å². The third kappa shape index (κ3) is 1.64. The van der Waals surface area contributed by atoms with Gasteiger partial charge in [0.1, 0.15) is 6.29 Å². The van der Waals surface area contributed by atoms with Crippen LogP contribution in [-0.2, 0) is 4.79 Å². The van der Waals surface area contributed by atoms with Gasteiger partial charge >= 0.3 is 0 Å². The predicted molar refractivity (Wildman–Crippen MR) is 81.4 cm³/mol. The van der Waals surface area contributed by atoms with Crippen LogP contribution in [0.2, 0.25) is 0 Å². The monoisotopic (exact) mass is 274 g/mol. The van der Waals surface area contributed by atoms with Crippen molar-refractivity contribution in [1.82, 2.24) is 0 Å². The number of hydrogen-bond acceptors (Lipinski definition) is 1. The van der Waals surface area contributed by atoms with E-state index >= 15 is 0 Å². The van der Waals surface area contributed by atoms with E-state index in [0.29, 0.717) is 5.41 Å². The lowest BCUT2D eigenvalue weighted by molar-refractivity contribution is -0.135. The summed E-state index contributed by atoms with van der Waals surface area (Å²) in [6.07, 6.45) is 16.6. The summed E-state index contributed by atoms with van der Waals surface area (Å²) in [6.45, 7) is 2.62. The van der Waals surface area contributed by atoms with E-state index in [1.807, 2.05) is 0 Å². The van der Waals surface area contributed by atoms with Gasteiger partial charge in [-0.1, -0.05) is 26.2 Å². The molecule has 4 fully saturated rings. The quantitative estimate of drug-likeness (QED) is 0.616. The molecule has 0 aromatic carbocycles. The maximum atomic E-state index is 11.8. The molecule has 0 radical (unpaired) electrons. The third-order valence-electron chi connectivity index (χ3n) is 8.23. The van der Waals surface area contributed by atoms with Crippen molar-refractivity contribution >= 4 is 6.29 Å². The highest BCUT2D eigenvalue weighted by Gasteiger charge is 2.58. The first-order valence-electron chi connectivity index (χ1n) is 9.16. The van der Waals surface area contributed by atoms with E-state index in [9.17, 15) is 4.79 Å². The Kier molecular flexibility index (Phi) is 3.06. The van der Waals surface area contributed by atoms with Gasteiger partial charge in [0.05, 0.1) is 0 Å². The molecule has 1 unspecified atom stereocenters. The van der Waals surface area contributed by atoms with E-state index in [2.05, 4.69) is 6.92 Å². The fourth-order valence-corrected chi connectivity index (χ4v) is 7.21. The normalized spacial score (nSPS) is 54.6. The molecule has 0 heterocycles. The number of aldehydes is 1. The molecule has 20 heavy (non-hydrogen) atoms. The van der Waals surface area contributed by atoms with E-state index in [-0.39, 0.29) is 5.41 Å². The Morgan fingerprint density at radius 2 is 1.75 bits per heavy atom. The highest BCUT2D eigenvalue weighted by atomic mass is 16.1. The van der Waals surface area contributed by atoms with Crippen LogP contribution in [0.4, 0.5) is 0 Å². The average Bonchev–Trinajstić information content (AvgIpc) is 2.91. The first-order valence-corrected chi connectivity index (χ1v) is 9.16. The second-order valence-electron chi connectivity index (χ2n) is 8.68. The van der Waals surface area contributed by atoms with Gasteiger partial charge in [0, 0.05) is 5.41 Å². The highest BCUT2D eigenvalue weighted by molar-refractivity contribution is 5.61. The zero-order valence-electron chi connectivity index (χ0n) is 13.1. The number of carbonyl (C=O) groups excluding carboxylic acids is 1. The van der Waals surface area contributed by atoms with Gasteiger partial charge in [-0.2, -0.15) is 0 Å². The Balaban J connectivity index is 1.65. The predicted octanol–water partition coefficient (Wildman–Crippen LogP) is 4.99. The Morgan fingerprint density at radius 3 is 2.60 bits per heavy atom. The van der Waals surface area contributed by atoms with E-state index in [0.717, 1.165) is 23.7 Å². The zero-order chi connectivity index (χ0) is 13.8. The summed E-state index contributed by atoms with van der Waals surface area (Å²) in [7, 11) is 0. The summed E-state index contributed by atoms with van der Waals surface area (Å²) >= 11 is 0. The standard InChI is InChI=1S/C19H30O/c1-18-10-3-2-5-14(18)7-8-15-16(18)9-12-19(13-20)11-4-6-17(15)19/h13-17H,2-12H2,1H3/t14?,15-,16+,17+,18+,19+/m1/s1. The van der Waals surface area contributed by atoms with E-state index in [1.54, 1.807) is 0 Å². The van der Waals surface area contributed by atoms with Crippen molar-refractivity contribution in [3.8, 4) is 0 Å². The smallest absolute Gasteiger partial charge is 0.126 e. The van der Waals surface area contributed by atoms with Gasteiger partial charge in [-0.05, 0) is 80.5 Å². The van der Waals surface area contributed by atoms with Crippen molar-refractivity contribution in [1.29, 1.82) is 0 Å². The van der Waals surface area contributed by atoms with Crippen LogP contribution in [-0.4, -0.2) is 6.29 Å². The van der Waals surface area contributed by atoms with E-state index in [1.165, 1.54) is 76.9 Å². The van der Waals surface area contributed by atoms with E-state index in [4.69, 9.17) is 0 Å². The molecule has 4 aliphatic carbocycles. The summed E-state index contributed by atoms with van der Waals surface area (Å²) < 4.78 is 0. The van der Waals surface area contributed by atoms with Crippen molar-refractivity contribution in [2.75, 3.05) is 0 Å². The second kappa shape index (κ2) is 4.58. The van der Waals surface area contributed by atoms with Gasteiger partial charge < -0.3 is 4.79 Å². The molecular weight excluding hydrogens is 244 g/mol. The Hall–Kier alpha value is -0.330. The number of rotatable bonds is 1. The summed E-state index contributed by atoms with van der Waals surface area (Å²) in [4.78, 5) is 11.8. The largest absolute Gasteiger partial charge is 0.303 e. The maximum Gasteiger partial charge on any atom is 0.126 e. The second-order valence-corrected chi connectivity index (χ2v) is 8.68. The van der Waals surface area contributed by atoms with Crippen molar-refractivity contribution < 1.29 is 4.79 Å². The van der Waals surface area contributed by atoms with E-state index < -0.39 is 0 Å². The number of fused-ring (bicyclic) bond motifs is 5. The molecule has 0 aromatic heterocycles. The molecule has 1 heteroatoms. The summed E-state index contributed by atoms with van der Waals surface area (Å²) in [5, 5.41) is 0.